The maximum atomic E-state index is 10.2. The second-order valence-corrected chi connectivity index (χ2v) is 5.49. The van der Waals surface area contributed by atoms with Crippen molar-refractivity contribution in [1.82, 2.24) is 0 Å². The van der Waals surface area contributed by atoms with Crippen molar-refractivity contribution in [2.75, 3.05) is 0 Å². The highest BCUT2D eigenvalue weighted by Gasteiger charge is 2.07. The molecule has 1 atom stereocenters. The lowest BCUT2D eigenvalue weighted by Gasteiger charge is -2.12. The zero-order valence-electron chi connectivity index (χ0n) is 12.5. The summed E-state index contributed by atoms with van der Waals surface area (Å²) in [4.78, 5) is 0. The van der Waals surface area contributed by atoms with E-state index in [0.717, 1.165) is 25.7 Å². The highest BCUT2D eigenvalue weighted by atomic mass is 16.3. The summed E-state index contributed by atoms with van der Waals surface area (Å²) in [7, 11) is 0. The molecule has 0 aliphatic carbocycles. The van der Waals surface area contributed by atoms with Crippen molar-refractivity contribution in [2.24, 2.45) is 0 Å². The third-order valence-corrected chi connectivity index (χ3v) is 3.91. The van der Waals surface area contributed by atoms with Crippen LogP contribution in [0.15, 0.2) is 48.5 Å². The lowest BCUT2D eigenvalue weighted by molar-refractivity contribution is 0.165. The molecule has 1 N–H and O–H groups in total. The Morgan fingerprint density at radius 3 is 2.25 bits per heavy atom. The Morgan fingerprint density at radius 1 is 0.950 bits per heavy atom. The molecular formula is C19H24O. The van der Waals surface area contributed by atoms with Crippen LogP contribution in [0.3, 0.4) is 0 Å². The van der Waals surface area contributed by atoms with E-state index in [1.807, 2.05) is 0 Å². The number of aliphatic hydroxyl groups excluding tert-OH is 1. The minimum atomic E-state index is -0.262. The van der Waals surface area contributed by atoms with E-state index in [2.05, 4.69) is 62.4 Å². The molecule has 2 aromatic carbocycles. The van der Waals surface area contributed by atoms with Gasteiger partial charge in [-0.25, -0.2) is 0 Å². The molecule has 0 heterocycles. The number of rotatable bonds is 6. The van der Waals surface area contributed by atoms with Crippen LogP contribution < -0.4 is 0 Å². The average Bonchev–Trinajstić information content (AvgIpc) is 2.47. The quantitative estimate of drug-likeness (QED) is 0.836. The molecule has 1 heteroatoms. The van der Waals surface area contributed by atoms with E-state index in [4.69, 9.17) is 0 Å². The highest BCUT2D eigenvalue weighted by Crippen LogP contribution is 2.14. The third kappa shape index (κ3) is 4.21. The van der Waals surface area contributed by atoms with Crippen molar-refractivity contribution >= 4 is 0 Å². The Morgan fingerprint density at radius 2 is 1.60 bits per heavy atom. The summed E-state index contributed by atoms with van der Waals surface area (Å²) in [5.41, 5.74) is 5.22. The standard InChI is InChI=1S/C19H24O/c1-3-16-8-10-17(11-9-16)14-19(20)13-12-18-7-5-4-6-15(18)2/h4-11,19-20H,3,12-14H2,1-2H3. The van der Waals surface area contributed by atoms with Crippen LogP contribution in [0, 0.1) is 6.92 Å². The number of hydrogen-bond donors (Lipinski definition) is 1. The van der Waals surface area contributed by atoms with Gasteiger partial charge in [-0.15, -0.1) is 0 Å². The molecule has 0 fully saturated rings. The molecule has 0 aliphatic rings. The first-order valence-corrected chi connectivity index (χ1v) is 7.49. The Balaban J connectivity index is 1.86. The Bertz CT molecular complexity index is 528. The van der Waals surface area contributed by atoms with Gasteiger partial charge in [0.25, 0.3) is 0 Å². The van der Waals surface area contributed by atoms with Crippen LogP contribution in [0.2, 0.25) is 0 Å². The molecule has 0 saturated heterocycles. The maximum absolute atomic E-state index is 10.2. The van der Waals surface area contributed by atoms with Gasteiger partial charge in [-0.05, 0) is 54.9 Å². The minimum absolute atomic E-state index is 0.262. The number of aliphatic hydroxyl groups is 1. The van der Waals surface area contributed by atoms with Crippen LogP contribution in [-0.2, 0) is 19.3 Å². The molecule has 0 aliphatic heterocycles. The molecule has 0 aromatic heterocycles. The lowest BCUT2D eigenvalue weighted by atomic mass is 9.98. The predicted octanol–water partition coefficient (Wildman–Crippen LogP) is 4.09. The molecule has 2 rings (SSSR count). The van der Waals surface area contributed by atoms with E-state index >= 15 is 0 Å². The zero-order chi connectivity index (χ0) is 14.4. The zero-order valence-corrected chi connectivity index (χ0v) is 12.5. The van der Waals surface area contributed by atoms with E-state index in [-0.39, 0.29) is 6.10 Å². The summed E-state index contributed by atoms with van der Waals surface area (Å²) < 4.78 is 0. The van der Waals surface area contributed by atoms with Crippen LogP contribution in [0.25, 0.3) is 0 Å². The van der Waals surface area contributed by atoms with Gasteiger partial charge in [0.05, 0.1) is 6.10 Å². The van der Waals surface area contributed by atoms with Crippen molar-refractivity contribution in [3.63, 3.8) is 0 Å². The Hall–Kier alpha value is -1.60. The van der Waals surface area contributed by atoms with Crippen molar-refractivity contribution < 1.29 is 5.11 Å². The minimum Gasteiger partial charge on any atom is -0.393 e. The van der Waals surface area contributed by atoms with Gasteiger partial charge in [0.1, 0.15) is 0 Å². The van der Waals surface area contributed by atoms with Gasteiger partial charge in [-0.1, -0.05) is 55.5 Å². The van der Waals surface area contributed by atoms with Gasteiger partial charge in [-0.2, -0.15) is 0 Å². The van der Waals surface area contributed by atoms with Crippen molar-refractivity contribution in [1.29, 1.82) is 0 Å². The third-order valence-electron chi connectivity index (χ3n) is 3.91. The summed E-state index contributed by atoms with van der Waals surface area (Å²) >= 11 is 0. The molecule has 0 spiro atoms. The molecule has 0 amide bonds. The Kier molecular flexibility index (Phi) is 5.37. The monoisotopic (exact) mass is 268 g/mol. The first-order chi connectivity index (χ1) is 9.69. The van der Waals surface area contributed by atoms with Crippen molar-refractivity contribution in [2.45, 2.75) is 45.6 Å². The van der Waals surface area contributed by atoms with E-state index < -0.39 is 0 Å². The first kappa shape index (κ1) is 14.8. The van der Waals surface area contributed by atoms with Gasteiger partial charge >= 0.3 is 0 Å². The second kappa shape index (κ2) is 7.25. The fraction of sp³-hybridized carbons (Fsp3) is 0.368. The van der Waals surface area contributed by atoms with E-state index in [1.165, 1.54) is 22.3 Å². The summed E-state index contributed by atoms with van der Waals surface area (Å²) in [5.74, 6) is 0. The summed E-state index contributed by atoms with van der Waals surface area (Å²) in [6.45, 7) is 4.29. The van der Waals surface area contributed by atoms with E-state index in [1.54, 1.807) is 0 Å². The molecular weight excluding hydrogens is 244 g/mol. The van der Waals surface area contributed by atoms with Crippen molar-refractivity contribution in [3.05, 3.63) is 70.8 Å². The largest absolute Gasteiger partial charge is 0.393 e. The lowest BCUT2D eigenvalue weighted by Crippen LogP contribution is -2.12. The summed E-state index contributed by atoms with van der Waals surface area (Å²) in [6, 6.07) is 17.0. The van der Waals surface area contributed by atoms with Crippen LogP contribution >= 0.6 is 0 Å². The van der Waals surface area contributed by atoms with E-state index in [9.17, 15) is 5.11 Å². The fourth-order valence-electron chi connectivity index (χ4n) is 2.50. The van der Waals surface area contributed by atoms with Crippen LogP contribution in [0.5, 0.6) is 0 Å². The number of hydrogen-bond acceptors (Lipinski definition) is 1. The Labute approximate surface area is 122 Å². The molecule has 2 aromatic rings. The molecule has 0 saturated carbocycles. The van der Waals surface area contributed by atoms with Crippen LogP contribution in [-0.4, -0.2) is 11.2 Å². The SMILES string of the molecule is CCc1ccc(CC(O)CCc2ccccc2C)cc1. The van der Waals surface area contributed by atoms with E-state index in [0.29, 0.717) is 0 Å². The average molecular weight is 268 g/mol. The fourth-order valence-corrected chi connectivity index (χ4v) is 2.50. The molecule has 1 nitrogen and oxygen atoms in total. The van der Waals surface area contributed by atoms with Crippen LogP contribution in [0.1, 0.15) is 35.6 Å². The second-order valence-electron chi connectivity index (χ2n) is 5.49. The molecule has 106 valence electrons. The van der Waals surface area contributed by atoms with Gasteiger partial charge < -0.3 is 5.11 Å². The maximum Gasteiger partial charge on any atom is 0.0583 e. The number of benzene rings is 2. The normalized spacial score (nSPS) is 12.3. The predicted molar refractivity (Wildman–Crippen MR) is 85.0 cm³/mol. The van der Waals surface area contributed by atoms with Gasteiger partial charge in [0.15, 0.2) is 0 Å². The molecule has 1 unspecified atom stereocenters. The van der Waals surface area contributed by atoms with Gasteiger partial charge in [0.2, 0.25) is 0 Å². The first-order valence-electron chi connectivity index (χ1n) is 7.49. The number of aryl methyl sites for hydroxylation is 3. The van der Waals surface area contributed by atoms with Crippen molar-refractivity contribution in [3.8, 4) is 0 Å². The smallest absolute Gasteiger partial charge is 0.0583 e. The van der Waals surface area contributed by atoms with Gasteiger partial charge in [-0.3, -0.25) is 0 Å². The topological polar surface area (TPSA) is 20.2 Å². The molecule has 0 bridgehead atoms. The molecule has 20 heavy (non-hydrogen) atoms. The summed E-state index contributed by atoms with van der Waals surface area (Å²) in [6.07, 6.45) is 3.31. The van der Waals surface area contributed by atoms with Crippen LogP contribution in [0.4, 0.5) is 0 Å². The summed E-state index contributed by atoms with van der Waals surface area (Å²) in [5, 5.41) is 10.2. The molecule has 0 radical (unpaired) electrons. The van der Waals surface area contributed by atoms with Gasteiger partial charge in [0, 0.05) is 0 Å². The highest BCUT2D eigenvalue weighted by molar-refractivity contribution is 5.26.